The van der Waals surface area contributed by atoms with Crippen molar-refractivity contribution in [1.29, 1.82) is 0 Å². The largest absolute Gasteiger partial charge is 0.352 e. The monoisotopic (exact) mass is 312 g/mol. The van der Waals surface area contributed by atoms with Gasteiger partial charge in [-0.3, -0.25) is 9.10 Å². The Morgan fingerprint density at radius 2 is 1.90 bits per heavy atom. The number of hydrogen-bond acceptors (Lipinski definition) is 3. The van der Waals surface area contributed by atoms with Crippen molar-refractivity contribution in [3.63, 3.8) is 0 Å². The van der Waals surface area contributed by atoms with Gasteiger partial charge in [-0.2, -0.15) is 0 Å². The molecule has 118 valence electrons. The average Bonchev–Trinajstić information content (AvgIpc) is 2.43. The summed E-state index contributed by atoms with van der Waals surface area (Å²) in [6.07, 6.45) is 0. The lowest BCUT2D eigenvalue weighted by molar-refractivity contribution is 0.0939. The highest BCUT2D eigenvalue weighted by atomic mass is 32.2. The van der Waals surface area contributed by atoms with Crippen LogP contribution in [0.3, 0.4) is 0 Å². The summed E-state index contributed by atoms with van der Waals surface area (Å²) in [7, 11) is -1.84. The Hall–Kier alpha value is -1.56. The van der Waals surface area contributed by atoms with Crippen molar-refractivity contribution in [3.8, 4) is 0 Å². The summed E-state index contributed by atoms with van der Waals surface area (Å²) >= 11 is 0. The number of amides is 1. The van der Waals surface area contributed by atoms with Crippen LogP contribution < -0.4 is 9.62 Å². The maximum atomic E-state index is 12.1. The minimum Gasteiger partial charge on any atom is -0.352 e. The van der Waals surface area contributed by atoms with Gasteiger partial charge in [0.05, 0.1) is 11.4 Å². The summed E-state index contributed by atoms with van der Waals surface area (Å²) in [4.78, 5) is 12.1. The summed E-state index contributed by atoms with van der Waals surface area (Å²) < 4.78 is 24.9. The first kappa shape index (κ1) is 17.5. The van der Waals surface area contributed by atoms with Crippen LogP contribution in [0.15, 0.2) is 24.3 Å². The minimum absolute atomic E-state index is 0.00435. The van der Waals surface area contributed by atoms with Crippen LogP contribution in [0.4, 0.5) is 5.69 Å². The molecule has 0 saturated carbocycles. The zero-order valence-electron chi connectivity index (χ0n) is 13.3. The number of rotatable bonds is 5. The quantitative estimate of drug-likeness (QED) is 0.907. The molecule has 6 heteroatoms. The molecule has 5 nitrogen and oxygen atoms in total. The molecule has 0 heterocycles. The van der Waals surface area contributed by atoms with Crippen molar-refractivity contribution in [2.24, 2.45) is 5.41 Å². The number of anilines is 1. The Labute approximate surface area is 127 Å². The molecule has 0 radical (unpaired) electrons. The third-order valence-corrected chi connectivity index (χ3v) is 4.81. The van der Waals surface area contributed by atoms with Gasteiger partial charge >= 0.3 is 0 Å². The fraction of sp³-hybridized carbons (Fsp3) is 0.533. The highest BCUT2D eigenvalue weighted by molar-refractivity contribution is 7.92. The minimum atomic E-state index is -3.33. The third kappa shape index (κ3) is 5.04. The van der Waals surface area contributed by atoms with E-state index in [0.717, 1.165) is 0 Å². The molecule has 0 aliphatic rings. The van der Waals surface area contributed by atoms with Crippen LogP contribution in [-0.4, -0.2) is 33.7 Å². The van der Waals surface area contributed by atoms with Gasteiger partial charge in [0.2, 0.25) is 10.0 Å². The number of hydrogen-bond donors (Lipinski definition) is 1. The van der Waals surface area contributed by atoms with Crippen molar-refractivity contribution in [2.75, 3.05) is 23.7 Å². The van der Waals surface area contributed by atoms with Gasteiger partial charge in [0.15, 0.2) is 0 Å². The first-order valence-corrected chi connectivity index (χ1v) is 8.52. The molecule has 0 saturated heterocycles. The molecule has 0 fully saturated rings. The molecule has 21 heavy (non-hydrogen) atoms. The molecule has 1 aromatic rings. The van der Waals surface area contributed by atoms with Gasteiger partial charge in [-0.25, -0.2) is 8.42 Å². The number of carbonyl (C=O) groups excluding carboxylic acids is 1. The zero-order chi connectivity index (χ0) is 16.3. The van der Waals surface area contributed by atoms with E-state index in [2.05, 4.69) is 5.32 Å². The molecule has 0 aliphatic heterocycles. The maximum absolute atomic E-state index is 12.1. The Bertz CT molecular complexity index is 604. The summed E-state index contributed by atoms with van der Waals surface area (Å²) in [5.74, 6) is -0.182. The molecule has 1 amide bonds. The topological polar surface area (TPSA) is 66.5 Å². The number of nitrogens with zero attached hydrogens (tertiary/aromatic N) is 1. The first-order valence-electron chi connectivity index (χ1n) is 6.92. The Balaban J connectivity index is 2.93. The maximum Gasteiger partial charge on any atom is 0.251 e. The van der Waals surface area contributed by atoms with E-state index < -0.39 is 10.0 Å². The number of carbonyl (C=O) groups is 1. The van der Waals surface area contributed by atoms with Crippen LogP contribution in [0.25, 0.3) is 0 Å². The second kappa shape index (κ2) is 6.47. The van der Waals surface area contributed by atoms with Gasteiger partial charge in [-0.1, -0.05) is 26.8 Å². The van der Waals surface area contributed by atoms with Crippen LogP contribution in [-0.2, 0) is 10.0 Å². The lowest BCUT2D eigenvalue weighted by Crippen LogP contribution is -2.32. The second-order valence-electron chi connectivity index (χ2n) is 6.16. The summed E-state index contributed by atoms with van der Waals surface area (Å²) in [6.45, 7) is 8.24. The molecule has 0 unspecified atom stereocenters. The van der Waals surface area contributed by atoms with Crippen LogP contribution in [0.1, 0.15) is 38.1 Å². The van der Waals surface area contributed by atoms with Crippen molar-refractivity contribution in [1.82, 2.24) is 5.32 Å². The number of benzene rings is 1. The fourth-order valence-corrected chi connectivity index (χ4v) is 2.47. The lowest BCUT2D eigenvalue weighted by Gasteiger charge is -2.20. The highest BCUT2D eigenvalue weighted by Gasteiger charge is 2.18. The smallest absolute Gasteiger partial charge is 0.251 e. The molecule has 0 atom stereocenters. The predicted molar refractivity (Wildman–Crippen MR) is 86.1 cm³/mol. The summed E-state index contributed by atoms with van der Waals surface area (Å²) in [5, 5.41) is 2.85. The van der Waals surface area contributed by atoms with E-state index in [1.165, 1.54) is 11.4 Å². The highest BCUT2D eigenvalue weighted by Crippen LogP contribution is 2.18. The van der Waals surface area contributed by atoms with Gasteiger partial charge in [-0.05, 0) is 30.5 Å². The van der Waals surface area contributed by atoms with E-state index in [1.807, 2.05) is 20.8 Å². The Morgan fingerprint density at radius 1 is 1.29 bits per heavy atom. The SMILES string of the molecule is CCS(=O)(=O)N(C)c1cccc(C(=O)NCC(C)(C)C)c1. The molecule has 1 rings (SSSR count). The van der Waals surface area contributed by atoms with Crippen LogP contribution in [0, 0.1) is 5.41 Å². The van der Waals surface area contributed by atoms with E-state index in [1.54, 1.807) is 31.2 Å². The molecule has 0 spiro atoms. The average molecular weight is 312 g/mol. The van der Waals surface area contributed by atoms with Gasteiger partial charge in [0, 0.05) is 19.2 Å². The normalized spacial score (nSPS) is 12.0. The standard InChI is InChI=1S/C15H24N2O3S/c1-6-21(19,20)17(5)13-9-7-8-12(10-13)14(18)16-11-15(2,3)4/h7-10H,6,11H2,1-5H3,(H,16,18). The van der Waals surface area contributed by atoms with Crippen molar-refractivity contribution in [2.45, 2.75) is 27.7 Å². The molecular weight excluding hydrogens is 288 g/mol. The van der Waals surface area contributed by atoms with Crippen LogP contribution in [0.5, 0.6) is 0 Å². The molecular formula is C15H24N2O3S. The van der Waals surface area contributed by atoms with E-state index in [9.17, 15) is 13.2 Å². The van der Waals surface area contributed by atoms with E-state index in [-0.39, 0.29) is 17.1 Å². The molecule has 0 bridgehead atoms. The molecule has 0 aromatic heterocycles. The van der Waals surface area contributed by atoms with Gasteiger partial charge in [0.1, 0.15) is 0 Å². The second-order valence-corrected chi connectivity index (χ2v) is 8.45. The third-order valence-electron chi connectivity index (χ3n) is 3.03. The predicted octanol–water partition coefficient (Wildman–Crippen LogP) is 2.25. The Kier molecular flexibility index (Phi) is 5.39. The number of sulfonamides is 1. The van der Waals surface area contributed by atoms with Crippen LogP contribution in [0.2, 0.25) is 0 Å². The van der Waals surface area contributed by atoms with E-state index in [4.69, 9.17) is 0 Å². The van der Waals surface area contributed by atoms with E-state index in [0.29, 0.717) is 17.8 Å². The molecule has 0 aliphatic carbocycles. The molecule has 1 aromatic carbocycles. The van der Waals surface area contributed by atoms with E-state index >= 15 is 0 Å². The zero-order valence-corrected chi connectivity index (χ0v) is 14.1. The van der Waals surface area contributed by atoms with Crippen molar-refractivity contribution < 1.29 is 13.2 Å². The van der Waals surface area contributed by atoms with Crippen molar-refractivity contribution >= 4 is 21.6 Å². The summed E-state index contributed by atoms with van der Waals surface area (Å²) in [6, 6.07) is 6.62. The van der Waals surface area contributed by atoms with Crippen LogP contribution >= 0.6 is 0 Å². The number of nitrogens with one attached hydrogen (secondary N) is 1. The lowest BCUT2D eigenvalue weighted by atomic mass is 9.97. The molecule has 1 N–H and O–H groups in total. The Morgan fingerprint density at radius 3 is 2.43 bits per heavy atom. The van der Waals surface area contributed by atoms with Gasteiger partial charge < -0.3 is 5.32 Å². The van der Waals surface area contributed by atoms with Crippen molar-refractivity contribution in [3.05, 3.63) is 29.8 Å². The fourth-order valence-electron chi connectivity index (χ4n) is 1.64. The van der Waals surface area contributed by atoms with Gasteiger partial charge in [0.25, 0.3) is 5.91 Å². The first-order chi connectivity index (χ1) is 9.57. The summed E-state index contributed by atoms with van der Waals surface area (Å²) in [5.41, 5.74) is 0.936. The van der Waals surface area contributed by atoms with Gasteiger partial charge in [-0.15, -0.1) is 0 Å².